The first-order chi connectivity index (χ1) is 7.43. The van der Waals surface area contributed by atoms with Crippen molar-refractivity contribution in [1.82, 2.24) is 4.72 Å². The van der Waals surface area contributed by atoms with E-state index in [-0.39, 0.29) is 11.7 Å². The lowest BCUT2D eigenvalue weighted by molar-refractivity contribution is -0.139. The number of carboxylic acid groups (broad SMARTS) is 1. The molecular weight excluding hydrogens is 242 g/mol. The van der Waals surface area contributed by atoms with Gasteiger partial charge >= 0.3 is 5.97 Å². The summed E-state index contributed by atoms with van der Waals surface area (Å²) in [4.78, 5) is 11.0. The molecule has 0 aliphatic carbocycles. The number of aliphatic carboxylic acids is 1. The van der Waals surface area contributed by atoms with Crippen LogP contribution in [0.15, 0.2) is 0 Å². The van der Waals surface area contributed by atoms with Gasteiger partial charge in [-0.15, -0.1) is 0 Å². The molecule has 0 spiro atoms. The Morgan fingerprint density at radius 2 is 1.76 bits per heavy atom. The lowest BCUT2D eigenvalue weighted by Gasteiger charge is -2.21. The largest absolute Gasteiger partial charge is 0.480 e. The van der Waals surface area contributed by atoms with Gasteiger partial charge in [0.2, 0.25) is 10.0 Å². The maximum absolute atomic E-state index is 11.8. The second-order valence-electron chi connectivity index (χ2n) is 5.96. The van der Waals surface area contributed by atoms with Gasteiger partial charge in [0, 0.05) is 0 Å². The normalized spacial score (nSPS) is 14.9. The second kappa shape index (κ2) is 5.82. The summed E-state index contributed by atoms with van der Waals surface area (Å²) in [6.07, 6.45) is 0.290. The van der Waals surface area contributed by atoms with Gasteiger partial charge in [-0.3, -0.25) is 4.79 Å². The van der Waals surface area contributed by atoms with E-state index in [0.29, 0.717) is 6.42 Å². The van der Waals surface area contributed by atoms with Crippen molar-refractivity contribution in [1.29, 1.82) is 0 Å². The third-order valence-electron chi connectivity index (χ3n) is 1.95. The van der Waals surface area contributed by atoms with Crippen LogP contribution in [0.3, 0.4) is 0 Å². The SMILES string of the molecule is CC(C)C[C@H](NS(=O)(=O)CC(C)(C)C)C(=O)O. The highest BCUT2D eigenvalue weighted by atomic mass is 32.2. The predicted molar refractivity (Wildman–Crippen MR) is 67.3 cm³/mol. The first-order valence-electron chi connectivity index (χ1n) is 5.66. The molecule has 6 heteroatoms. The van der Waals surface area contributed by atoms with Gasteiger partial charge in [0.1, 0.15) is 6.04 Å². The van der Waals surface area contributed by atoms with Crippen molar-refractivity contribution in [2.24, 2.45) is 11.3 Å². The minimum Gasteiger partial charge on any atom is -0.480 e. The first-order valence-corrected chi connectivity index (χ1v) is 7.31. The third-order valence-corrected chi connectivity index (χ3v) is 3.84. The molecule has 0 aromatic rings. The average Bonchev–Trinajstić information content (AvgIpc) is 1.95. The Hall–Kier alpha value is -0.620. The molecule has 0 radical (unpaired) electrons. The van der Waals surface area contributed by atoms with Gasteiger partial charge in [0.15, 0.2) is 0 Å². The number of hydrogen-bond donors (Lipinski definition) is 2. The zero-order chi connectivity index (χ0) is 13.9. The van der Waals surface area contributed by atoms with Crippen LogP contribution in [0.5, 0.6) is 0 Å². The molecule has 0 rings (SSSR count). The van der Waals surface area contributed by atoms with Gasteiger partial charge in [0.25, 0.3) is 0 Å². The van der Waals surface area contributed by atoms with Crippen LogP contribution in [0.4, 0.5) is 0 Å². The van der Waals surface area contributed by atoms with E-state index in [2.05, 4.69) is 4.72 Å². The van der Waals surface area contributed by atoms with E-state index in [0.717, 1.165) is 0 Å². The van der Waals surface area contributed by atoms with Crippen LogP contribution in [0.25, 0.3) is 0 Å². The van der Waals surface area contributed by atoms with E-state index < -0.39 is 27.4 Å². The molecule has 0 amide bonds. The fraction of sp³-hybridized carbons (Fsp3) is 0.909. The van der Waals surface area contributed by atoms with Crippen molar-refractivity contribution in [2.45, 2.75) is 47.1 Å². The molecular formula is C11H23NO4S. The highest BCUT2D eigenvalue weighted by molar-refractivity contribution is 7.89. The van der Waals surface area contributed by atoms with E-state index >= 15 is 0 Å². The van der Waals surface area contributed by atoms with E-state index in [9.17, 15) is 13.2 Å². The summed E-state index contributed by atoms with van der Waals surface area (Å²) >= 11 is 0. The topological polar surface area (TPSA) is 83.5 Å². The van der Waals surface area contributed by atoms with Crippen molar-refractivity contribution >= 4 is 16.0 Å². The molecule has 5 nitrogen and oxygen atoms in total. The Morgan fingerprint density at radius 1 is 1.29 bits per heavy atom. The number of nitrogens with one attached hydrogen (secondary N) is 1. The van der Waals surface area contributed by atoms with Crippen LogP contribution < -0.4 is 4.72 Å². The molecule has 0 fully saturated rings. The van der Waals surface area contributed by atoms with Gasteiger partial charge in [-0.2, -0.15) is 0 Å². The summed E-state index contributed by atoms with van der Waals surface area (Å²) in [6, 6.07) is -1.04. The standard InChI is InChI=1S/C11H23NO4S/c1-8(2)6-9(10(13)14)12-17(15,16)7-11(3,4)5/h8-9,12H,6-7H2,1-5H3,(H,13,14)/t9-/m0/s1. The summed E-state index contributed by atoms with van der Waals surface area (Å²) < 4.78 is 25.8. The summed E-state index contributed by atoms with van der Waals surface area (Å²) in [5.41, 5.74) is -0.396. The molecule has 17 heavy (non-hydrogen) atoms. The molecule has 0 unspecified atom stereocenters. The fourth-order valence-corrected chi connectivity index (χ4v) is 3.35. The third kappa shape index (κ3) is 8.15. The highest BCUT2D eigenvalue weighted by Gasteiger charge is 2.28. The van der Waals surface area contributed by atoms with Crippen LogP contribution in [0.2, 0.25) is 0 Å². The smallest absolute Gasteiger partial charge is 0.321 e. The summed E-state index contributed by atoms with van der Waals surface area (Å²) in [6.45, 7) is 9.10. The zero-order valence-corrected chi connectivity index (χ0v) is 12.0. The van der Waals surface area contributed by atoms with Gasteiger partial charge in [-0.25, -0.2) is 13.1 Å². The van der Waals surface area contributed by atoms with Crippen molar-refractivity contribution < 1.29 is 18.3 Å². The predicted octanol–water partition coefficient (Wildman–Crippen LogP) is 1.45. The maximum atomic E-state index is 11.8. The minimum absolute atomic E-state index is 0.0815. The van der Waals surface area contributed by atoms with Crippen molar-refractivity contribution in [3.8, 4) is 0 Å². The van der Waals surface area contributed by atoms with E-state index in [4.69, 9.17) is 5.11 Å². The summed E-state index contributed by atoms with van der Waals surface area (Å²) in [7, 11) is -3.56. The van der Waals surface area contributed by atoms with Gasteiger partial charge < -0.3 is 5.11 Å². The fourth-order valence-electron chi connectivity index (χ4n) is 1.50. The Morgan fingerprint density at radius 3 is 2.06 bits per heavy atom. The van der Waals surface area contributed by atoms with Crippen LogP contribution in [0.1, 0.15) is 41.0 Å². The van der Waals surface area contributed by atoms with Gasteiger partial charge in [-0.1, -0.05) is 34.6 Å². The quantitative estimate of drug-likeness (QED) is 0.761. The average molecular weight is 265 g/mol. The molecule has 1 atom stereocenters. The molecule has 0 aliphatic heterocycles. The van der Waals surface area contributed by atoms with Crippen LogP contribution in [-0.2, 0) is 14.8 Å². The van der Waals surface area contributed by atoms with Crippen molar-refractivity contribution in [3.05, 3.63) is 0 Å². The molecule has 0 aromatic carbocycles. The second-order valence-corrected chi connectivity index (χ2v) is 7.71. The van der Waals surface area contributed by atoms with Crippen LogP contribution in [-0.4, -0.2) is 31.3 Å². The monoisotopic (exact) mass is 265 g/mol. The van der Waals surface area contributed by atoms with E-state index in [1.807, 2.05) is 13.8 Å². The Kier molecular flexibility index (Phi) is 5.61. The number of sulfonamides is 1. The number of rotatable bonds is 6. The Labute approximate surface area is 104 Å². The number of carboxylic acids is 1. The van der Waals surface area contributed by atoms with Crippen LogP contribution in [0, 0.1) is 11.3 Å². The first kappa shape index (κ1) is 16.4. The summed E-state index contributed by atoms with van der Waals surface area (Å²) in [5, 5.41) is 8.96. The molecule has 0 aliphatic rings. The lowest BCUT2D eigenvalue weighted by Crippen LogP contribution is -2.44. The number of carbonyl (C=O) groups is 1. The Bertz CT molecular complexity index is 354. The molecule has 102 valence electrons. The maximum Gasteiger partial charge on any atom is 0.321 e. The molecule has 0 aromatic heterocycles. The molecule has 2 N–H and O–H groups in total. The zero-order valence-electron chi connectivity index (χ0n) is 11.1. The van der Waals surface area contributed by atoms with E-state index in [1.54, 1.807) is 20.8 Å². The van der Waals surface area contributed by atoms with Crippen molar-refractivity contribution in [2.75, 3.05) is 5.75 Å². The highest BCUT2D eigenvalue weighted by Crippen LogP contribution is 2.16. The molecule has 0 saturated heterocycles. The molecule has 0 bridgehead atoms. The van der Waals surface area contributed by atoms with Crippen molar-refractivity contribution in [3.63, 3.8) is 0 Å². The molecule has 0 saturated carbocycles. The minimum atomic E-state index is -3.56. The van der Waals surface area contributed by atoms with Crippen LogP contribution >= 0.6 is 0 Å². The van der Waals surface area contributed by atoms with Gasteiger partial charge in [-0.05, 0) is 17.8 Å². The molecule has 0 heterocycles. The lowest BCUT2D eigenvalue weighted by atomic mass is 10.0. The van der Waals surface area contributed by atoms with E-state index in [1.165, 1.54) is 0 Å². The van der Waals surface area contributed by atoms with Gasteiger partial charge in [0.05, 0.1) is 5.75 Å². The number of hydrogen-bond acceptors (Lipinski definition) is 3. The summed E-state index contributed by atoms with van der Waals surface area (Å²) in [5.74, 6) is -1.09. The Balaban J connectivity index is 4.71.